The molecule has 0 aliphatic carbocycles. The molecule has 33 heavy (non-hydrogen) atoms. The summed E-state index contributed by atoms with van der Waals surface area (Å²) in [5.74, 6) is 0.392. The maximum Gasteiger partial charge on any atom is 0.318 e. The number of aryl methyl sites for hydroxylation is 1. The van der Waals surface area contributed by atoms with Gasteiger partial charge in [-0.05, 0) is 77.7 Å². The minimum absolute atomic E-state index is 0.149. The van der Waals surface area contributed by atoms with E-state index in [1.165, 1.54) is 6.07 Å². The summed E-state index contributed by atoms with van der Waals surface area (Å²) in [5.41, 5.74) is 2.83. The van der Waals surface area contributed by atoms with Crippen molar-refractivity contribution in [1.82, 2.24) is 0 Å². The molecule has 3 aromatic rings. The highest BCUT2D eigenvalue weighted by molar-refractivity contribution is 9.10. The lowest BCUT2D eigenvalue weighted by atomic mass is 10.1. The number of ether oxygens (including phenoxy) is 2. The van der Waals surface area contributed by atoms with Crippen molar-refractivity contribution in [3.8, 4) is 17.2 Å². The third kappa shape index (κ3) is 5.53. The molecule has 0 aromatic heterocycles. The minimum Gasteiger partial charge on any atom is -0.490 e. The van der Waals surface area contributed by atoms with Crippen molar-refractivity contribution in [1.29, 1.82) is 0 Å². The van der Waals surface area contributed by atoms with Gasteiger partial charge in [0.1, 0.15) is 0 Å². The molecular weight excluding hydrogens is 494 g/mol. The number of non-ortho nitro benzene ring substituents is 1. The number of hydrogen-bond acceptors (Lipinski definition) is 7. The van der Waals surface area contributed by atoms with Crippen LogP contribution >= 0.6 is 15.9 Å². The molecule has 0 N–H and O–H groups in total. The summed E-state index contributed by atoms with van der Waals surface area (Å²) in [6, 6.07) is 12.5. The molecular formula is C23H20BrN3O6. The fourth-order valence-electron chi connectivity index (χ4n) is 3.00. The second-order valence-electron chi connectivity index (χ2n) is 7.01. The van der Waals surface area contributed by atoms with Crippen LogP contribution in [0.3, 0.4) is 0 Å². The first kappa shape index (κ1) is 23.9. The molecule has 3 rings (SSSR count). The van der Waals surface area contributed by atoms with Gasteiger partial charge in [-0.3, -0.25) is 25.2 Å². The van der Waals surface area contributed by atoms with Crippen LogP contribution in [0.25, 0.3) is 0 Å². The van der Waals surface area contributed by atoms with Crippen LogP contribution in [0.1, 0.15) is 23.6 Å². The third-order valence-corrected chi connectivity index (χ3v) is 5.41. The summed E-state index contributed by atoms with van der Waals surface area (Å²) in [4.78, 5) is 25.6. The van der Waals surface area contributed by atoms with Crippen molar-refractivity contribution in [3.05, 3.63) is 89.9 Å². The van der Waals surface area contributed by atoms with E-state index < -0.39 is 21.2 Å². The number of hydrogen-bond donors (Lipinski definition) is 0. The highest BCUT2D eigenvalue weighted by Gasteiger charge is 2.23. The monoisotopic (exact) mass is 513 g/mol. The van der Waals surface area contributed by atoms with E-state index >= 15 is 0 Å². The molecule has 10 heteroatoms. The molecule has 0 spiro atoms. The zero-order valence-electron chi connectivity index (χ0n) is 18.1. The van der Waals surface area contributed by atoms with Crippen molar-refractivity contribution in [2.75, 3.05) is 6.61 Å². The molecule has 0 saturated heterocycles. The van der Waals surface area contributed by atoms with Crippen LogP contribution < -0.4 is 9.47 Å². The van der Waals surface area contributed by atoms with Gasteiger partial charge >= 0.3 is 5.69 Å². The lowest BCUT2D eigenvalue weighted by Gasteiger charge is -2.14. The number of nitro benzene ring substituents is 2. The molecule has 0 fully saturated rings. The molecule has 0 unspecified atom stereocenters. The number of nitrogens with zero attached hydrogens (tertiary/aromatic N) is 3. The Morgan fingerprint density at radius 3 is 2.45 bits per heavy atom. The Balaban J connectivity index is 2.00. The summed E-state index contributed by atoms with van der Waals surface area (Å²) in [6.07, 6.45) is 1.69. The Hall–Kier alpha value is -3.79. The molecule has 0 amide bonds. The van der Waals surface area contributed by atoms with Crippen molar-refractivity contribution in [2.24, 2.45) is 4.99 Å². The fourth-order valence-corrected chi connectivity index (χ4v) is 3.54. The maximum atomic E-state index is 11.5. The number of halogens is 1. The van der Waals surface area contributed by atoms with Crippen LogP contribution in [0, 0.1) is 34.1 Å². The van der Waals surface area contributed by atoms with E-state index in [2.05, 4.69) is 20.9 Å². The van der Waals surface area contributed by atoms with E-state index in [1.807, 2.05) is 32.0 Å². The average Bonchev–Trinajstić information content (AvgIpc) is 2.77. The van der Waals surface area contributed by atoms with E-state index in [0.717, 1.165) is 34.5 Å². The van der Waals surface area contributed by atoms with Gasteiger partial charge in [-0.2, -0.15) is 0 Å². The van der Waals surface area contributed by atoms with Crippen molar-refractivity contribution in [2.45, 2.75) is 20.8 Å². The maximum absolute atomic E-state index is 11.5. The van der Waals surface area contributed by atoms with Crippen LogP contribution in [-0.4, -0.2) is 22.7 Å². The van der Waals surface area contributed by atoms with E-state index in [9.17, 15) is 20.2 Å². The van der Waals surface area contributed by atoms with Gasteiger partial charge in [0.05, 0.1) is 32.7 Å². The second kappa shape index (κ2) is 10.2. The first-order valence-electron chi connectivity index (χ1n) is 9.88. The van der Waals surface area contributed by atoms with Gasteiger partial charge in [0.15, 0.2) is 11.5 Å². The number of aliphatic imine (C=N–C) groups is 1. The van der Waals surface area contributed by atoms with Crippen LogP contribution in [0.2, 0.25) is 0 Å². The molecule has 3 aromatic carbocycles. The van der Waals surface area contributed by atoms with Crippen LogP contribution in [0.15, 0.2) is 58.0 Å². The van der Waals surface area contributed by atoms with Gasteiger partial charge in [-0.15, -0.1) is 0 Å². The normalized spacial score (nSPS) is 10.9. The molecule has 170 valence electrons. The minimum atomic E-state index is -0.734. The summed E-state index contributed by atoms with van der Waals surface area (Å²) in [7, 11) is 0. The number of rotatable bonds is 8. The van der Waals surface area contributed by atoms with Crippen molar-refractivity contribution < 1.29 is 19.3 Å². The van der Waals surface area contributed by atoms with Gasteiger partial charge in [0, 0.05) is 12.3 Å². The zero-order chi connectivity index (χ0) is 24.1. The van der Waals surface area contributed by atoms with Crippen molar-refractivity contribution in [3.63, 3.8) is 0 Å². The van der Waals surface area contributed by atoms with E-state index in [0.29, 0.717) is 16.8 Å². The zero-order valence-corrected chi connectivity index (χ0v) is 19.7. The van der Waals surface area contributed by atoms with Gasteiger partial charge in [-0.25, -0.2) is 0 Å². The smallest absolute Gasteiger partial charge is 0.318 e. The topological polar surface area (TPSA) is 117 Å². The fraction of sp³-hybridized carbons (Fsp3) is 0.174. The Morgan fingerprint density at radius 2 is 1.79 bits per heavy atom. The Kier molecular flexibility index (Phi) is 7.39. The highest BCUT2D eigenvalue weighted by Crippen LogP contribution is 2.43. The summed E-state index contributed by atoms with van der Waals surface area (Å²) in [5, 5.41) is 22.4. The standard InChI is InChI=1S/C23H20BrN3O6/c1-4-32-22-11-16(13-25-19-7-5-6-14(2)15(19)3)10-18(24)23(22)33-21-9-8-17(26(28)29)12-20(21)27(30)31/h5-13H,4H2,1-3H3. The molecule has 0 saturated carbocycles. The van der Waals surface area contributed by atoms with Crippen LogP contribution in [0.5, 0.6) is 17.2 Å². The largest absolute Gasteiger partial charge is 0.490 e. The second-order valence-corrected chi connectivity index (χ2v) is 7.86. The Morgan fingerprint density at radius 1 is 1.03 bits per heavy atom. The first-order chi connectivity index (χ1) is 15.7. The molecule has 0 radical (unpaired) electrons. The van der Waals surface area contributed by atoms with Crippen molar-refractivity contribution >= 4 is 39.2 Å². The number of benzene rings is 3. The lowest BCUT2D eigenvalue weighted by Crippen LogP contribution is -2.00. The molecule has 0 bridgehead atoms. The van der Waals surface area contributed by atoms with E-state index in [-0.39, 0.29) is 11.5 Å². The summed E-state index contributed by atoms with van der Waals surface area (Å²) in [6.45, 7) is 6.13. The Bertz CT molecular complexity index is 1260. The third-order valence-electron chi connectivity index (χ3n) is 4.82. The molecule has 9 nitrogen and oxygen atoms in total. The average molecular weight is 514 g/mol. The van der Waals surface area contributed by atoms with Crippen LogP contribution in [0.4, 0.5) is 17.1 Å². The number of nitro groups is 2. The van der Waals surface area contributed by atoms with E-state index in [4.69, 9.17) is 9.47 Å². The summed E-state index contributed by atoms with van der Waals surface area (Å²) < 4.78 is 12.0. The predicted molar refractivity (Wildman–Crippen MR) is 128 cm³/mol. The Labute approximate surface area is 198 Å². The molecule has 0 aliphatic heterocycles. The quantitative estimate of drug-likeness (QED) is 0.185. The summed E-state index contributed by atoms with van der Waals surface area (Å²) >= 11 is 3.43. The lowest BCUT2D eigenvalue weighted by molar-refractivity contribution is -0.394. The SMILES string of the molecule is CCOc1cc(C=Nc2cccc(C)c2C)cc(Br)c1Oc1ccc([N+](=O)[O-])cc1[N+](=O)[O-]. The molecule has 0 aliphatic rings. The van der Waals surface area contributed by atoms with Gasteiger partial charge in [0.2, 0.25) is 5.75 Å². The van der Waals surface area contributed by atoms with Gasteiger partial charge < -0.3 is 9.47 Å². The van der Waals surface area contributed by atoms with Gasteiger partial charge in [0.25, 0.3) is 5.69 Å². The van der Waals surface area contributed by atoms with Crippen LogP contribution in [-0.2, 0) is 0 Å². The predicted octanol–water partition coefficient (Wildman–Crippen LogP) is 6.82. The van der Waals surface area contributed by atoms with Gasteiger partial charge in [-0.1, -0.05) is 12.1 Å². The van der Waals surface area contributed by atoms with E-state index in [1.54, 1.807) is 25.3 Å². The molecule has 0 heterocycles. The molecule has 0 atom stereocenters. The first-order valence-corrected chi connectivity index (χ1v) is 10.7. The highest BCUT2D eigenvalue weighted by atomic mass is 79.9.